The van der Waals surface area contributed by atoms with Gasteiger partial charge in [-0.25, -0.2) is 9.97 Å². The third-order valence-corrected chi connectivity index (χ3v) is 2.71. The van der Waals surface area contributed by atoms with E-state index in [1.807, 2.05) is 0 Å². The van der Waals surface area contributed by atoms with Crippen molar-refractivity contribution in [3.8, 4) is 0 Å². The predicted octanol–water partition coefficient (Wildman–Crippen LogP) is 2.04. The first-order valence-electron chi connectivity index (χ1n) is 6.39. The van der Waals surface area contributed by atoms with Gasteiger partial charge in [0.25, 0.3) is 0 Å². The number of nitrogens with one attached hydrogen (secondary N) is 1. The van der Waals surface area contributed by atoms with Crippen LogP contribution in [0.1, 0.15) is 38.8 Å². The number of likely N-dealkylation sites (N-methyl/N-ethyl adjacent to an activating group) is 1. The molecule has 0 aliphatic heterocycles. The molecule has 0 saturated heterocycles. The lowest BCUT2D eigenvalue weighted by Crippen LogP contribution is -2.30. The molecule has 0 fully saturated rings. The summed E-state index contributed by atoms with van der Waals surface area (Å²) < 4.78 is 0. The molecule has 0 unspecified atom stereocenters. The number of hydrogen-bond acceptors (Lipinski definition) is 4. The molecular weight excluding hydrogens is 212 g/mol. The fourth-order valence-corrected chi connectivity index (χ4v) is 1.55. The minimum absolute atomic E-state index is 0.448. The summed E-state index contributed by atoms with van der Waals surface area (Å²) in [4.78, 5) is 10.7. The van der Waals surface area contributed by atoms with Crippen LogP contribution in [-0.2, 0) is 0 Å². The van der Waals surface area contributed by atoms with E-state index in [1.54, 1.807) is 6.33 Å². The Balaban J connectivity index is 2.50. The molecule has 17 heavy (non-hydrogen) atoms. The molecule has 0 aliphatic rings. The van der Waals surface area contributed by atoms with Crippen LogP contribution >= 0.6 is 0 Å². The third-order valence-electron chi connectivity index (χ3n) is 2.71. The van der Waals surface area contributed by atoms with Gasteiger partial charge >= 0.3 is 0 Å². The van der Waals surface area contributed by atoms with Crippen molar-refractivity contribution in [3.05, 3.63) is 18.1 Å². The van der Waals surface area contributed by atoms with Crippen molar-refractivity contribution in [2.75, 3.05) is 31.6 Å². The Hall–Kier alpha value is -1.16. The van der Waals surface area contributed by atoms with Gasteiger partial charge in [0, 0.05) is 31.9 Å². The van der Waals surface area contributed by atoms with Crippen molar-refractivity contribution in [2.24, 2.45) is 0 Å². The zero-order valence-corrected chi connectivity index (χ0v) is 11.4. The minimum atomic E-state index is 0.448. The smallest absolute Gasteiger partial charge is 0.131 e. The highest BCUT2D eigenvalue weighted by atomic mass is 15.2. The summed E-state index contributed by atoms with van der Waals surface area (Å²) in [7, 11) is 2.07. The second-order valence-corrected chi connectivity index (χ2v) is 4.63. The maximum atomic E-state index is 4.31. The van der Waals surface area contributed by atoms with Gasteiger partial charge in [-0.3, -0.25) is 0 Å². The normalized spacial score (nSPS) is 10.9. The molecule has 0 radical (unpaired) electrons. The Kier molecular flexibility index (Phi) is 5.91. The summed E-state index contributed by atoms with van der Waals surface area (Å²) in [6.07, 6.45) is 2.83. The van der Waals surface area contributed by atoms with Crippen LogP contribution in [0.25, 0.3) is 0 Å². The molecule has 0 aliphatic carbocycles. The zero-order chi connectivity index (χ0) is 12.7. The molecule has 1 aromatic rings. The van der Waals surface area contributed by atoms with Gasteiger partial charge in [-0.1, -0.05) is 20.8 Å². The van der Waals surface area contributed by atoms with Crippen molar-refractivity contribution < 1.29 is 0 Å². The van der Waals surface area contributed by atoms with Gasteiger partial charge in [-0.15, -0.1) is 0 Å². The van der Waals surface area contributed by atoms with Crippen molar-refractivity contribution in [1.82, 2.24) is 15.3 Å². The molecule has 1 heterocycles. The van der Waals surface area contributed by atoms with Gasteiger partial charge in [-0.2, -0.15) is 0 Å². The first-order chi connectivity index (χ1) is 8.15. The van der Waals surface area contributed by atoms with Crippen molar-refractivity contribution in [2.45, 2.75) is 33.1 Å². The molecule has 4 nitrogen and oxygen atoms in total. The molecule has 0 atom stereocenters. The number of anilines is 1. The average Bonchev–Trinajstić information content (AvgIpc) is 2.34. The van der Waals surface area contributed by atoms with E-state index in [2.05, 4.69) is 54.1 Å². The fourth-order valence-electron chi connectivity index (χ4n) is 1.55. The van der Waals surface area contributed by atoms with Gasteiger partial charge in [0.15, 0.2) is 0 Å². The van der Waals surface area contributed by atoms with Crippen molar-refractivity contribution in [1.29, 1.82) is 0 Å². The van der Waals surface area contributed by atoms with E-state index in [4.69, 9.17) is 0 Å². The van der Waals surface area contributed by atoms with Crippen LogP contribution in [0.4, 0.5) is 5.82 Å². The predicted molar refractivity (Wildman–Crippen MR) is 72.6 cm³/mol. The van der Waals surface area contributed by atoms with E-state index in [0.29, 0.717) is 5.92 Å². The maximum Gasteiger partial charge on any atom is 0.131 e. The Morgan fingerprint density at radius 2 is 2.06 bits per heavy atom. The van der Waals surface area contributed by atoms with Crippen molar-refractivity contribution >= 4 is 5.82 Å². The van der Waals surface area contributed by atoms with E-state index >= 15 is 0 Å². The topological polar surface area (TPSA) is 41.0 Å². The molecule has 4 heteroatoms. The fraction of sp³-hybridized carbons (Fsp3) is 0.692. The van der Waals surface area contributed by atoms with E-state index in [1.165, 1.54) is 6.42 Å². The van der Waals surface area contributed by atoms with Gasteiger partial charge in [-0.05, 0) is 18.9 Å². The minimum Gasteiger partial charge on any atom is -0.358 e. The Bertz CT molecular complexity index is 325. The second kappa shape index (κ2) is 7.22. The first kappa shape index (κ1) is 13.9. The molecule has 1 aromatic heterocycles. The summed E-state index contributed by atoms with van der Waals surface area (Å²) in [5.74, 6) is 1.45. The zero-order valence-electron chi connectivity index (χ0n) is 11.4. The molecule has 0 aromatic carbocycles. The van der Waals surface area contributed by atoms with Crippen LogP contribution in [0.5, 0.6) is 0 Å². The first-order valence-corrected chi connectivity index (χ1v) is 6.39. The largest absolute Gasteiger partial charge is 0.358 e. The lowest BCUT2D eigenvalue weighted by molar-refractivity contribution is 0.663. The molecular formula is C13H24N4. The van der Waals surface area contributed by atoms with Crippen LogP contribution in [0.3, 0.4) is 0 Å². The Morgan fingerprint density at radius 1 is 1.29 bits per heavy atom. The van der Waals surface area contributed by atoms with E-state index < -0.39 is 0 Å². The van der Waals surface area contributed by atoms with Gasteiger partial charge in [0.1, 0.15) is 12.1 Å². The molecule has 0 amide bonds. The summed E-state index contributed by atoms with van der Waals surface area (Å²) >= 11 is 0. The molecule has 0 saturated carbocycles. The lowest BCUT2D eigenvalue weighted by Gasteiger charge is -2.19. The van der Waals surface area contributed by atoms with Crippen LogP contribution in [0.15, 0.2) is 12.4 Å². The van der Waals surface area contributed by atoms with E-state index in [9.17, 15) is 0 Å². The molecule has 1 N–H and O–H groups in total. The Morgan fingerprint density at radius 3 is 2.71 bits per heavy atom. The van der Waals surface area contributed by atoms with Crippen LogP contribution in [-0.4, -0.2) is 36.6 Å². The summed E-state index contributed by atoms with van der Waals surface area (Å²) in [6, 6.07) is 2.07. The summed E-state index contributed by atoms with van der Waals surface area (Å²) in [6.45, 7) is 9.51. The number of hydrogen-bond donors (Lipinski definition) is 1. The SMILES string of the molecule is CCCNCCN(C)c1cc(C(C)C)ncn1. The quantitative estimate of drug-likeness (QED) is 0.736. The van der Waals surface area contributed by atoms with Gasteiger partial charge < -0.3 is 10.2 Å². The van der Waals surface area contributed by atoms with Crippen LogP contribution in [0, 0.1) is 0 Å². The molecule has 96 valence electrons. The van der Waals surface area contributed by atoms with Crippen molar-refractivity contribution in [3.63, 3.8) is 0 Å². The molecule has 1 rings (SSSR count). The maximum absolute atomic E-state index is 4.31. The molecule has 0 spiro atoms. The number of rotatable bonds is 7. The highest BCUT2D eigenvalue weighted by molar-refractivity contribution is 5.38. The highest BCUT2D eigenvalue weighted by Gasteiger charge is 2.06. The van der Waals surface area contributed by atoms with Crippen LogP contribution in [0.2, 0.25) is 0 Å². The number of aromatic nitrogens is 2. The summed E-state index contributed by atoms with van der Waals surface area (Å²) in [5, 5.41) is 3.39. The average molecular weight is 236 g/mol. The number of nitrogens with zero attached hydrogens (tertiary/aromatic N) is 3. The van der Waals surface area contributed by atoms with Gasteiger partial charge in [0.2, 0.25) is 0 Å². The standard InChI is InChI=1S/C13H24N4/c1-5-6-14-7-8-17(4)13-9-12(11(2)3)15-10-16-13/h9-11,14H,5-8H2,1-4H3. The lowest BCUT2D eigenvalue weighted by atomic mass is 10.1. The van der Waals surface area contributed by atoms with Gasteiger partial charge in [0.05, 0.1) is 0 Å². The second-order valence-electron chi connectivity index (χ2n) is 4.63. The molecule has 0 bridgehead atoms. The highest BCUT2D eigenvalue weighted by Crippen LogP contribution is 2.15. The third kappa shape index (κ3) is 4.69. The summed E-state index contributed by atoms with van der Waals surface area (Å²) in [5.41, 5.74) is 1.10. The Labute approximate surface area is 104 Å². The van der Waals surface area contributed by atoms with E-state index in [0.717, 1.165) is 31.1 Å². The van der Waals surface area contributed by atoms with E-state index in [-0.39, 0.29) is 0 Å². The van der Waals surface area contributed by atoms with Crippen LogP contribution < -0.4 is 10.2 Å². The monoisotopic (exact) mass is 236 g/mol.